The molecule has 0 saturated heterocycles. The number of para-hydroxylation sites is 1. The third-order valence-electron chi connectivity index (χ3n) is 2.69. The van der Waals surface area contributed by atoms with Crippen molar-refractivity contribution < 1.29 is 14.6 Å². The van der Waals surface area contributed by atoms with Crippen LogP contribution in [0.5, 0.6) is 5.75 Å². The van der Waals surface area contributed by atoms with E-state index in [9.17, 15) is 5.11 Å². The van der Waals surface area contributed by atoms with Crippen LogP contribution < -0.4 is 4.74 Å². The number of halogens is 1. The molecule has 0 aliphatic carbocycles. The smallest absolute Gasteiger partial charge is 0.133 e. The van der Waals surface area contributed by atoms with E-state index in [0.29, 0.717) is 25.6 Å². The van der Waals surface area contributed by atoms with E-state index in [2.05, 4.69) is 20.9 Å². The van der Waals surface area contributed by atoms with Gasteiger partial charge in [0.05, 0.1) is 28.8 Å². The van der Waals surface area contributed by atoms with E-state index in [0.717, 1.165) is 15.2 Å². The highest BCUT2D eigenvalue weighted by Gasteiger charge is 2.06. The fourth-order valence-electron chi connectivity index (χ4n) is 1.65. The molecule has 0 aliphatic heterocycles. The van der Waals surface area contributed by atoms with Gasteiger partial charge in [-0.15, -0.1) is 11.8 Å². The Balaban J connectivity index is 1.56. The minimum Gasteiger partial charge on any atom is -0.490 e. The number of hydrogen-bond acceptors (Lipinski definition) is 5. The average molecular weight is 384 g/mol. The van der Waals surface area contributed by atoms with Gasteiger partial charge in [-0.2, -0.15) is 0 Å². The minimum absolute atomic E-state index is 0.291. The Labute approximate surface area is 143 Å². The second-order valence-corrected chi connectivity index (χ2v) is 6.38. The lowest BCUT2D eigenvalue weighted by molar-refractivity contribution is 0.0347. The molecule has 2 rings (SSSR count). The molecule has 4 nitrogen and oxygen atoms in total. The Kier molecular flexibility index (Phi) is 7.73. The number of thioether (sulfide) groups is 1. The van der Waals surface area contributed by atoms with Crippen LogP contribution in [0.4, 0.5) is 0 Å². The van der Waals surface area contributed by atoms with Crippen molar-refractivity contribution in [2.24, 2.45) is 0 Å². The molecule has 22 heavy (non-hydrogen) atoms. The van der Waals surface area contributed by atoms with E-state index in [1.54, 1.807) is 6.20 Å². The van der Waals surface area contributed by atoms with E-state index in [1.165, 1.54) is 11.8 Å². The summed E-state index contributed by atoms with van der Waals surface area (Å²) in [5.74, 6) is 1.35. The number of rotatable bonds is 9. The lowest BCUT2D eigenvalue weighted by Gasteiger charge is -2.12. The SMILES string of the molecule is O[C@@H](COCCOc1ccccc1Br)CSc1ccccn1. The van der Waals surface area contributed by atoms with Crippen molar-refractivity contribution in [3.63, 3.8) is 0 Å². The normalized spacial score (nSPS) is 12.1. The quantitative estimate of drug-likeness (QED) is 0.531. The maximum absolute atomic E-state index is 9.85. The highest BCUT2D eigenvalue weighted by atomic mass is 79.9. The summed E-state index contributed by atoms with van der Waals surface area (Å²) in [6, 6.07) is 13.4. The Morgan fingerprint density at radius 1 is 1.14 bits per heavy atom. The van der Waals surface area contributed by atoms with Gasteiger partial charge in [0.25, 0.3) is 0 Å². The number of benzene rings is 1. The number of hydrogen-bond donors (Lipinski definition) is 1. The fourth-order valence-corrected chi connectivity index (χ4v) is 2.82. The average Bonchev–Trinajstić information content (AvgIpc) is 2.55. The van der Waals surface area contributed by atoms with Crippen LogP contribution in [-0.4, -0.2) is 41.8 Å². The van der Waals surface area contributed by atoms with E-state index in [1.807, 2.05) is 42.5 Å². The van der Waals surface area contributed by atoms with E-state index in [4.69, 9.17) is 9.47 Å². The summed E-state index contributed by atoms with van der Waals surface area (Å²) >= 11 is 4.93. The van der Waals surface area contributed by atoms with E-state index in [-0.39, 0.29) is 0 Å². The number of ether oxygens (including phenoxy) is 2. The van der Waals surface area contributed by atoms with Gasteiger partial charge in [0.2, 0.25) is 0 Å². The molecule has 118 valence electrons. The zero-order valence-corrected chi connectivity index (χ0v) is 14.4. The van der Waals surface area contributed by atoms with Gasteiger partial charge in [0.1, 0.15) is 12.4 Å². The van der Waals surface area contributed by atoms with Crippen LogP contribution in [0.25, 0.3) is 0 Å². The van der Waals surface area contributed by atoms with Gasteiger partial charge in [0.15, 0.2) is 0 Å². The van der Waals surface area contributed by atoms with Crippen LogP contribution in [0.3, 0.4) is 0 Å². The molecule has 1 aromatic carbocycles. The van der Waals surface area contributed by atoms with Crippen LogP contribution in [0.15, 0.2) is 58.2 Å². The third kappa shape index (κ3) is 6.36. The molecule has 6 heteroatoms. The molecule has 0 spiro atoms. The molecule has 1 heterocycles. The molecule has 0 radical (unpaired) electrons. The number of aromatic nitrogens is 1. The molecular formula is C16H18BrNO3S. The molecule has 0 bridgehead atoms. The van der Waals surface area contributed by atoms with Gasteiger partial charge < -0.3 is 14.6 Å². The summed E-state index contributed by atoms with van der Waals surface area (Å²) in [7, 11) is 0. The second-order valence-electron chi connectivity index (χ2n) is 4.49. The van der Waals surface area contributed by atoms with Gasteiger partial charge in [-0.25, -0.2) is 4.98 Å². The molecule has 1 N–H and O–H groups in total. The van der Waals surface area contributed by atoms with Crippen LogP contribution in [0.2, 0.25) is 0 Å². The molecule has 2 aromatic rings. The zero-order valence-electron chi connectivity index (χ0n) is 12.0. The first-order valence-electron chi connectivity index (χ1n) is 6.92. The summed E-state index contributed by atoms with van der Waals surface area (Å²) in [4.78, 5) is 4.19. The summed E-state index contributed by atoms with van der Waals surface area (Å²) < 4.78 is 11.9. The van der Waals surface area contributed by atoms with Gasteiger partial charge >= 0.3 is 0 Å². The van der Waals surface area contributed by atoms with Crippen LogP contribution in [-0.2, 0) is 4.74 Å². The minimum atomic E-state index is -0.518. The lowest BCUT2D eigenvalue weighted by atomic mass is 10.3. The molecule has 1 aromatic heterocycles. The van der Waals surface area contributed by atoms with Gasteiger partial charge in [-0.05, 0) is 40.2 Å². The monoisotopic (exact) mass is 383 g/mol. The van der Waals surface area contributed by atoms with Crippen molar-refractivity contribution in [1.82, 2.24) is 4.98 Å². The zero-order chi connectivity index (χ0) is 15.6. The summed E-state index contributed by atoms with van der Waals surface area (Å²) in [6.45, 7) is 1.18. The van der Waals surface area contributed by atoms with Crippen molar-refractivity contribution in [2.75, 3.05) is 25.6 Å². The Morgan fingerprint density at radius 3 is 2.73 bits per heavy atom. The Bertz CT molecular complexity index is 556. The topological polar surface area (TPSA) is 51.6 Å². The number of aliphatic hydroxyl groups is 1. The van der Waals surface area contributed by atoms with Crippen molar-refractivity contribution >= 4 is 27.7 Å². The first kappa shape index (κ1) is 17.3. The molecule has 0 saturated carbocycles. The highest BCUT2D eigenvalue weighted by molar-refractivity contribution is 9.10. The van der Waals surface area contributed by atoms with E-state index < -0.39 is 6.10 Å². The van der Waals surface area contributed by atoms with Crippen molar-refractivity contribution in [1.29, 1.82) is 0 Å². The number of aliphatic hydroxyl groups excluding tert-OH is 1. The fraction of sp³-hybridized carbons (Fsp3) is 0.312. The van der Waals surface area contributed by atoms with Gasteiger partial charge in [-0.1, -0.05) is 18.2 Å². The van der Waals surface area contributed by atoms with Crippen LogP contribution in [0.1, 0.15) is 0 Å². The van der Waals surface area contributed by atoms with Gasteiger partial charge in [-0.3, -0.25) is 0 Å². The molecule has 1 atom stereocenters. The van der Waals surface area contributed by atoms with Gasteiger partial charge in [0, 0.05) is 11.9 Å². The molecule has 0 aliphatic rings. The second kappa shape index (κ2) is 9.84. The number of nitrogens with zero attached hydrogens (tertiary/aromatic N) is 1. The van der Waals surface area contributed by atoms with Crippen molar-refractivity contribution in [2.45, 2.75) is 11.1 Å². The van der Waals surface area contributed by atoms with Crippen LogP contribution in [0, 0.1) is 0 Å². The molecule has 0 fully saturated rings. The highest BCUT2D eigenvalue weighted by Crippen LogP contribution is 2.23. The molecule has 0 amide bonds. The molecular weight excluding hydrogens is 366 g/mol. The standard InChI is InChI=1S/C16H18BrNO3S/c17-14-5-1-2-6-15(14)21-10-9-20-11-13(19)12-22-16-7-3-4-8-18-16/h1-8,13,19H,9-12H2/t13-/m0/s1. The summed E-state index contributed by atoms with van der Waals surface area (Å²) in [5, 5.41) is 10.8. The lowest BCUT2D eigenvalue weighted by Crippen LogP contribution is -2.20. The van der Waals surface area contributed by atoms with E-state index >= 15 is 0 Å². The largest absolute Gasteiger partial charge is 0.490 e. The van der Waals surface area contributed by atoms with Crippen LogP contribution >= 0.6 is 27.7 Å². The molecule has 0 unspecified atom stereocenters. The van der Waals surface area contributed by atoms with Crippen molar-refractivity contribution in [3.05, 3.63) is 53.1 Å². The summed E-state index contributed by atoms with van der Waals surface area (Å²) in [6.07, 6.45) is 1.22. The summed E-state index contributed by atoms with van der Waals surface area (Å²) in [5.41, 5.74) is 0. The maximum Gasteiger partial charge on any atom is 0.133 e. The van der Waals surface area contributed by atoms with Crippen molar-refractivity contribution in [3.8, 4) is 5.75 Å². The predicted molar refractivity (Wildman–Crippen MR) is 91.4 cm³/mol. The first-order chi connectivity index (χ1) is 10.8. The maximum atomic E-state index is 9.85. The Morgan fingerprint density at radius 2 is 1.95 bits per heavy atom. The third-order valence-corrected chi connectivity index (χ3v) is 4.44. The first-order valence-corrected chi connectivity index (χ1v) is 8.70. The number of pyridine rings is 1. The Hall–Kier alpha value is -1.08. The predicted octanol–water partition coefficient (Wildman–Crippen LogP) is 3.39.